The van der Waals surface area contributed by atoms with E-state index in [4.69, 9.17) is 9.15 Å². The van der Waals surface area contributed by atoms with E-state index in [1.54, 1.807) is 7.11 Å². The number of para-hydroxylation sites is 2. The highest BCUT2D eigenvalue weighted by Gasteiger charge is 2.22. The third-order valence-corrected chi connectivity index (χ3v) is 5.00. The SMILES string of the molecule is CN=C(NCc1cc(C)oc1C)NC1CCCN(c2ccccc2OC)C1. The minimum atomic E-state index is 0.335. The van der Waals surface area contributed by atoms with Gasteiger partial charge in [-0.3, -0.25) is 4.99 Å². The lowest BCUT2D eigenvalue weighted by Crippen LogP contribution is -2.51. The van der Waals surface area contributed by atoms with Gasteiger partial charge in [0, 0.05) is 38.3 Å². The fraction of sp³-hybridized carbons (Fsp3) is 0.476. The first-order chi connectivity index (χ1) is 13.1. The van der Waals surface area contributed by atoms with Crippen molar-refractivity contribution in [1.82, 2.24) is 10.6 Å². The standard InChI is InChI=1S/C21H30N4O2/c1-15-12-17(16(2)27-15)13-23-21(22-3)24-18-8-7-11-25(14-18)19-9-5-6-10-20(19)26-4/h5-6,9-10,12,18H,7-8,11,13-14H2,1-4H3,(H2,22,23,24). The van der Waals surface area contributed by atoms with Crippen molar-refractivity contribution >= 4 is 11.6 Å². The van der Waals surface area contributed by atoms with E-state index in [1.807, 2.05) is 33.0 Å². The number of aliphatic imine (C=N–C) groups is 1. The number of hydrogen-bond donors (Lipinski definition) is 2. The molecular weight excluding hydrogens is 340 g/mol. The highest BCUT2D eigenvalue weighted by Crippen LogP contribution is 2.29. The van der Waals surface area contributed by atoms with Gasteiger partial charge in [0.1, 0.15) is 17.3 Å². The van der Waals surface area contributed by atoms with Crippen LogP contribution in [-0.4, -0.2) is 39.2 Å². The van der Waals surface area contributed by atoms with Gasteiger partial charge in [0.15, 0.2) is 5.96 Å². The summed E-state index contributed by atoms with van der Waals surface area (Å²) >= 11 is 0. The first-order valence-electron chi connectivity index (χ1n) is 9.51. The molecule has 1 fully saturated rings. The summed E-state index contributed by atoms with van der Waals surface area (Å²) in [5, 5.41) is 6.97. The summed E-state index contributed by atoms with van der Waals surface area (Å²) in [6.07, 6.45) is 2.25. The topological polar surface area (TPSA) is 62.0 Å². The Hall–Kier alpha value is -2.63. The molecule has 1 saturated heterocycles. The number of hydrogen-bond acceptors (Lipinski definition) is 4. The van der Waals surface area contributed by atoms with Crippen molar-refractivity contribution in [2.45, 2.75) is 39.3 Å². The Kier molecular flexibility index (Phi) is 6.27. The molecule has 1 unspecified atom stereocenters. The predicted molar refractivity (Wildman–Crippen MR) is 110 cm³/mol. The smallest absolute Gasteiger partial charge is 0.191 e. The second-order valence-corrected chi connectivity index (χ2v) is 6.97. The summed E-state index contributed by atoms with van der Waals surface area (Å²) in [5.74, 6) is 3.63. The molecule has 1 atom stereocenters. The maximum Gasteiger partial charge on any atom is 0.191 e. The molecule has 3 rings (SSSR count). The number of ether oxygens (including phenoxy) is 1. The summed E-state index contributed by atoms with van der Waals surface area (Å²) in [6, 6.07) is 10.6. The van der Waals surface area contributed by atoms with Gasteiger partial charge in [-0.05, 0) is 44.9 Å². The molecule has 0 amide bonds. The molecule has 146 valence electrons. The van der Waals surface area contributed by atoms with E-state index in [0.29, 0.717) is 12.6 Å². The van der Waals surface area contributed by atoms with Crippen molar-refractivity contribution in [3.63, 3.8) is 0 Å². The molecule has 2 heterocycles. The molecule has 1 aliphatic heterocycles. The van der Waals surface area contributed by atoms with Gasteiger partial charge in [-0.15, -0.1) is 0 Å². The Bertz CT molecular complexity index is 784. The average Bonchev–Trinajstić information content (AvgIpc) is 3.02. The van der Waals surface area contributed by atoms with Crippen molar-refractivity contribution in [2.24, 2.45) is 4.99 Å². The van der Waals surface area contributed by atoms with Gasteiger partial charge in [0.25, 0.3) is 0 Å². The summed E-state index contributed by atoms with van der Waals surface area (Å²) in [5.41, 5.74) is 2.31. The van der Waals surface area contributed by atoms with Gasteiger partial charge in [-0.1, -0.05) is 12.1 Å². The number of anilines is 1. The van der Waals surface area contributed by atoms with E-state index in [2.05, 4.69) is 38.7 Å². The second kappa shape index (κ2) is 8.84. The van der Waals surface area contributed by atoms with E-state index in [1.165, 1.54) is 0 Å². The molecule has 1 aliphatic rings. The van der Waals surface area contributed by atoms with Crippen molar-refractivity contribution in [2.75, 3.05) is 32.1 Å². The Morgan fingerprint density at radius 1 is 1.33 bits per heavy atom. The number of benzene rings is 1. The quantitative estimate of drug-likeness (QED) is 0.625. The van der Waals surface area contributed by atoms with Gasteiger partial charge in [-0.2, -0.15) is 0 Å². The molecule has 0 spiro atoms. The van der Waals surface area contributed by atoms with Gasteiger partial charge >= 0.3 is 0 Å². The van der Waals surface area contributed by atoms with Crippen molar-refractivity contribution < 1.29 is 9.15 Å². The number of nitrogens with one attached hydrogen (secondary N) is 2. The van der Waals surface area contributed by atoms with Crippen LogP contribution in [0.5, 0.6) is 5.75 Å². The molecule has 1 aromatic carbocycles. The first kappa shape index (κ1) is 19.1. The number of furan rings is 1. The highest BCUT2D eigenvalue weighted by atomic mass is 16.5. The Morgan fingerprint density at radius 2 is 2.15 bits per heavy atom. The lowest BCUT2D eigenvalue weighted by molar-refractivity contribution is 0.408. The predicted octanol–water partition coefficient (Wildman–Crippen LogP) is 3.24. The van der Waals surface area contributed by atoms with Crippen LogP contribution in [-0.2, 0) is 6.54 Å². The number of aryl methyl sites for hydroxylation is 2. The van der Waals surface area contributed by atoms with Crippen LogP contribution in [0, 0.1) is 13.8 Å². The molecule has 1 aromatic heterocycles. The van der Waals surface area contributed by atoms with Gasteiger partial charge in [-0.25, -0.2) is 0 Å². The molecule has 27 heavy (non-hydrogen) atoms. The van der Waals surface area contributed by atoms with Crippen molar-refractivity contribution in [3.05, 3.63) is 47.4 Å². The summed E-state index contributed by atoms with van der Waals surface area (Å²) < 4.78 is 11.1. The Labute approximate surface area is 161 Å². The summed E-state index contributed by atoms with van der Waals surface area (Å²) in [6.45, 7) is 6.62. The summed E-state index contributed by atoms with van der Waals surface area (Å²) in [7, 11) is 3.54. The average molecular weight is 370 g/mol. The molecule has 6 heteroatoms. The van der Waals surface area contributed by atoms with Crippen LogP contribution >= 0.6 is 0 Å². The highest BCUT2D eigenvalue weighted by molar-refractivity contribution is 5.80. The van der Waals surface area contributed by atoms with Crippen molar-refractivity contribution in [1.29, 1.82) is 0 Å². The van der Waals surface area contributed by atoms with Crippen LogP contribution in [0.2, 0.25) is 0 Å². The Balaban J connectivity index is 1.59. The number of rotatable bonds is 5. The first-order valence-corrected chi connectivity index (χ1v) is 9.51. The molecule has 0 radical (unpaired) electrons. The lowest BCUT2D eigenvalue weighted by Gasteiger charge is -2.36. The maximum atomic E-state index is 5.60. The van der Waals surface area contributed by atoms with Crippen LogP contribution in [0.4, 0.5) is 5.69 Å². The molecule has 0 saturated carbocycles. The third kappa shape index (κ3) is 4.76. The number of piperidine rings is 1. The zero-order valence-electron chi connectivity index (χ0n) is 16.7. The Morgan fingerprint density at radius 3 is 2.85 bits per heavy atom. The van der Waals surface area contributed by atoms with E-state index in [-0.39, 0.29) is 0 Å². The molecule has 2 aromatic rings. The maximum absolute atomic E-state index is 5.60. The van der Waals surface area contributed by atoms with Crippen LogP contribution in [0.15, 0.2) is 39.7 Å². The minimum absolute atomic E-state index is 0.335. The third-order valence-electron chi connectivity index (χ3n) is 5.00. The van der Waals surface area contributed by atoms with Crippen LogP contribution in [0.3, 0.4) is 0 Å². The minimum Gasteiger partial charge on any atom is -0.495 e. The fourth-order valence-corrected chi connectivity index (χ4v) is 3.63. The molecule has 6 nitrogen and oxygen atoms in total. The lowest BCUT2D eigenvalue weighted by atomic mass is 10.0. The molecular formula is C21H30N4O2. The normalized spacial score (nSPS) is 17.7. The largest absolute Gasteiger partial charge is 0.495 e. The molecule has 2 N–H and O–H groups in total. The van der Waals surface area contributed by atoms with E-state index in [9.17, 15) is 0 Å². The van der Waals surface area contributed by atoms with Crippen LogP contribution in [0.1, 0.15) is 29.9 Å². The van der Waals surface area contributed by atoms with Gasteiger partial charge in [0.05, 0.1) is 12.8 Å². The fourth-order valence-electron chi connectivity index (χ4n) is 3.63. The van der Waals surface area contributed by atoms with E-state index >= 15 is 0 Å². The molecule has 0 bridgehead atoms. The van der Waals surface area contributed by atoms with Crippen molar-refractivity contribution in [3.8, 4) is 5.75 Å². The van der Waals surface area contributed by atoms with E-state index < -0.39 is 0 Å². The number of guanidine groups is 1. The zero-order valence-corrected chi connectivity index (χ0v) is 16.7. The van der Waals surface area contributed by atoms with Gasteiger partial charge < -0.3 is 24.7 Å². The monoisotopic (exact) mass is 370 g/mol. The summed E-state index contributed by atoms with van der Waals surface area (Å²) in [4.78, 5) is 6.77. The number of nitrogens with zero attached hydrogens (tertiary/aromatic N) is 2. The number of methoxy groups -OCH3 is 1. The van der Waals surface area contributed by atoms with Crippen LogP contribution < -0.4 is 20.3 Å². The zero-order chi connectivity index (χ0) is 19.2. The second-order valence-electron chi connectivity index (χ2n) is 6.97. The molecule has 0 aliphatic carbocycles. The van der Waals surface area contributed by atoms with E-state index in [0.717, 1.165) is 60.4 Å². The van der Waals surface area contributed by atoms with Crippen LogP contribution in [0.25, 0.3) is 0 Å². The van der Waals surface area contributed by atoms with Gasteiger partial charge in [0.2, 0.25) is 0 Å².